The Morgan fingerprint density at radius 2 is 2.32 bits per heavy atom. The highest BCUT2D eigenvalue weighted by atomic mass is 32.1. The SMILES string of the molecule is CC(CCCO)NC(=O)c1cc2c(F)cccc2s1. The monoisotopic (exact) mass is 281 g/mol. The number of aliphatic hydroxyl groups excluding tert-OH is 1. The number of nitrogens with one attached hydrogen (secondary N) is 1. The lowest BCUT2D eigenvalue weighted by Gasteiger charge is -2.11. The zero-order valence-corrected chi connectivity index (χ0v) is 11.5. The number of benzene rings is 1. The van der Waals surface area contributed by atoms with E-state index in [4.69, 9.17) is 5.11 Å². The Bertz CT molecular complexity index is 582. The molecule has 0 saturated carbocycles. The molecule has 2 N–H and O–H groups in total. The van der Waals surface area contributed by atoms with Crippen molar-refractivity contribution in [1.29, 1.82) is 0 Å². The van der Waals surface area contributed by atoms with Gasteiger partial charge in [0.15, 0.2) is 0 Å². The Hall–Kier alpha value is -1.46. The molecule has 1 aromatic carbocycles. The molecule has 1 amide bonds. The van der Waals surface area contributed by atoms with Crippen molar-refractivity contribution in [2.24, 2.45) is 0 Å². The highest BCUT2D eigenvalue weighted by Gasteiger charge is 2.14. The molecule has 0 aliphatic carbocycles. The van der Waals surface area contributed by atoms with E-state index in [0.29, 0.717) is 16.7 Å². The quantitative estimate of drug-likeness (QED) is 0.885. The van der Waals surface area contributed by atoms with Gasteiger partial charge >= 0.3 is 0 Å². The van der Waals surface area contributed by atoms with Crippen LogP contribution in [0.2, 0.25) is 0 Å². The van der Waals surface area contributed by atoms with Gasteiger partial charge in [-0.1, -0.05) is 6.07 Å². The number of hydrogen-bond donors (Lipinski definition) is 2. The summed E-state index contributed by atoms with van der Waals surface area (Å²) in [6.07, 6.45) is 1.38. The first kappa shape index (κ1) is 14.0. The third-order valence-corrected chi connectivity index (χ3v) is 4.00. The number of halogens is 1. The lowest BCUT2D eigenvalue weighted by atomic mass is 10.2. The van der Waals surface area contributed by atoms with Crippen LogP contribution in [0.4, 0.5) is 4.39 Å². The molecule has 3 nitrogen and oxygen atoms in total. The maximum Gasteiger partial charge on any atom is 0.261 e. The van der Waals surface area contributed by atoms with Crippen LogP contribution in [0.3, 0.4) is 0 Å². The molecule has 0 radical (unpaired) electrons. The smallest absolute Gasteiger partial charge is 0.261 e. The number of aliphatic hydroxyl groups is 1. The van der Waals surface area contributed by atoms with E-state index in [9.17, 15) is 9.18 Å². The van der Waals surface area contributed by atoms with E-state index in [0.717, 1.165) is 11.1 Å². The van der Waals surface area contributed by atoms with Gasteiger partial charge in [-0.05, 0) is 38.0 Å². The second kappa shape index (κ2) is 6.12. The van der Waals surface area contributed by atoms with E-state index in [-0.39, 0.29) is 24.4 Å². The van der Waals surface area contributed by atoms with Crippen molar-refractivity contribution in [2.75, 3.05) is 6.61 Å². The third kappa shape index (κ3) is 3.30. The first-order valence-corrected chi connectivity index (χ1v) is 7.03. The summed E-state index contributed by atoms with van der Waals surface area (Å²) < 4.78 is 14.3. The summed E-state index contributed by atoms with van der Waals surface area (Å²) in [5.74, 6) is -0.493. The molecule has 2 rings (SSSR count). The average molecular weight is 281 g/mol. The molecule has 19 heavy (non-hydrogen) atoms. The second-order valence-corrected chi connectivity index (χ2v) is 5.59. The van der Waals surface area contributed by atoms with Crippen molar-refractivity contribution in [3.8, 4) is 0 Å². The number of amides is 1. The molecule has 0 bridgehead atoms. The Balaban J connectivity index is 2.11. The van der Waals surface area contributed by atoms with Gasteiger partial charge in [-0.3, -0.25) is 4.79 Å². The maximum absolute atomic E-state index is 13.5. The van der Waals surface area contributed by atoms with E-state index < -0.39 is 0 Å². The number of fused-ring (bicyclic) bond motifs is 1. The fourth-order valence-electron chi connectivity index (χ4n) is 1.90. The molecule has 5 heteroatoms. The van der Waals surface area contributed by atoms with Crippen molar-refractivity contribution in [3.63, 3.8) is 0 Å². The van der Waals surface area contributed by atoms with Gasteiger partial charge in [0, 0.05) is 22.7 Å². The van der Waals surface area contributed by atoms with E-state index >= 15 is 0 Å². The topological polar surface area (TPSA) is 49.3 Å². The van der Waals surface area contributed by atoms with E-state index in [1.807, 2.05) is 6.92 Å². The molecule has 1 unspecified atom stereocenters. The van der Waals surface area contributed by atoms with Gasteiger partial charge in [-0.15, -0.1) is 11.3 Å². The van der Waals surface area contributed by atoms with Crippen LogP contribution in [0.15, 0.2) is 24.3 Å². The minimum atomic E-state index is -0.305. The molecule has 1 atom stereocenters. The van der Waals surface area contributed by atoms with Crippen LogP contribution < -0.4 is 5.32 Å². The summed E-state index contributed by atoms with van der Waals surface area (Å²) in [4.78, 5) is 12.5. The van der Waals surface area contributed by atoms with Gasteiger partial charge in [0.2, 0.25) is 0 Å². The van der Waals surface area contributed by atoms with Gasteiger partial charge in [0.25, 0.3) is 5.91 Å². The molecular weight excluding hydrogens is 265 g/mol. The van der Waals surface area contributed by atoms with Crippen LogP contribution >= 0.6 is 11.3 Å². The minimum Gasteiger partial charge on any atom is -0.396 e. The Morgan fingerprint density at radius 3 is 3.00 bits per heavy atom. The molecule has 2 aromatic rings. The van der Waals surface area contributed by atoms with Crippen molar-refractivity contribution < 1.29 is 14.3 Å². The number of hydrogen-bond acceptors (Lipinski definition) is 3. The first-order valence-electron chi connectivity index (χ1n) is 6.21. The van der Waals surface area contributed by atoms with Crippen LogP contribution in [0.5, 0.6) is 0 Å². The molecular formula is C14H16FNO2S. The lowest BCUT2D eigenvalue weighted by Crippen LogP contribution is -2.32. The van der Waals surface area contributed by atoms with Crippen molar-refractivity contribution in [3.05, 3.63) is 35.0 Å². The Morgan fingerprint density at radius 1 is 1.53 bits per heavy atom. The second-order valence-electron chi connectivity index (χ2n) is 4.50. The van der Waals surface area contributed by atoms with Gasteiger partial charge in [-0.2, -0.15) is 0 Å². The summed E-state index contributed by atoms with van der Waals surface area (Å²) >= 11 is 1.28. The fraction of sp³-hybridized carbons (Fsp3) is 0.357. The van der Waals surface area contributed by atoms with Crippen molar-refractivity contribution in [1.82, 2.24) is 5.32 Å². The molecule has 1 aromatic heterocycles. The molecule has 0 spiro atoms. The van der Waals surface area contributed by atoms with Crippen molar-refractivity contribution in [2.45, 2.75) is 25.8 Å². The average Bonchev–Trinajstić information content (AvgIpc) is 2.82. The predicted molar refractivity (Wildman–Crippen MR) is 75.0 cm³/mol. The Labute approximate surface area is 115 Å². The van der Waals surface area contributed by atoms with Gasteiger partial charge in [0.1, 0.15) is 5.82 Å². The number of rotatable bonds is 5. The van der Waals surface area contributed by atoms with Gasteiger partial charge < -0.3 is 10.4 Å². The summed E-state index contributed by atoms with van der Waals surface area (Å²) in [6, 6.07) is 6.41. The largest absolute Gasteiger partial charge is 0.396 e. The molecule has 0 aliphatic heterocycles. The summed E-state index contributed by atoms with van der Waals surface area (Å²) in [6.45, 7) is 2.01. The van der Waals surface area contributed by atoms with Crippen LogP contribution in [-0.2, 0) is 0 Å². The number of carbonyl (C=O) groups excluding carboxylic acids is 1. The van der Waals surface area contributed by atoms with Gasteiger partial charge in [0.05, 0.1) is 4.88 Å². The van der Waals surface area contributed by atoms with E-state index in [2.05, 4.69) is 5.32 Å². The fourth-order valence-corrected chi connectivity index (χ4v) is 2.88. The lowest BCUT2D eigenvalue weighted by molar-refractivity contribution is 0.0940. The minimum absolute atomic E-state index is 0.00490. The Kier molecular flexibility index (Phi) is 4.50. The summed E-state index contributed by atoms with van der Waals surface area (Å²) in [7, 11) is 0. The normalized spacial score (nSPS) is 12.6. The molecule has 1 heterocycles. The number of carbonyl (C=O) groups is 1. The molecule has 0 aliphatic rings. The third-order valence-electron chi connectivity index (χ3n) is 2.90. The van der Waals surface area contributed by atoms with Crippen molar-refractivity contribution >= 4 is 27.3 Å². The highest BCUT2D eigenvalue weighted by molar-refractivity contribution is 7.20. The molecule has 102 valence electrons. The summed E-state index contributed by atoms with van der Waals surface area (Å²) in [5, 5.41) is 12.1. The summed E-state index contributed by atoms with van der Waals surface area (Å²) in [5.41, 5.74) is 0. The van der Waals surface area contributed by atoms with Crippen LogP contribution in [0.25, 0.3) is 10.1 Å². The first-order chi connectivity index (χ1) is 9.11. The number of thiophene rings is 1. The van der Waals surface area contributed by atoms with E-state index in [1.54, 1.807) is 18.2 Å². The zero-order chi connectivity index (χ0) is 13.8. The predicted octanol–water partition coefficient (Wildman–Crippen LogP) is 2.93. The van der Waals surface area contributed by atoms with E-state index in [1.165, 1.54) is 17.4 Å². The van der Waals surface area contributed by atoms with Crippen LogP contribution in [0, 0.1) is 5.82 Å². The highest BCUT2D eigenvalue weighted by Crippen LogP contribution is 2.27. The maximum atomic E-state index is 13.5. The standard InChI is InChI=1S/C14H16FNO2S/c1-9(4-3-7-17)16-14(18)13-8-10-11(15)5-2-6-12(10)19-13/h2,5-6,8-9,17H,3-4,7H2,1H3,(H,16,18). The van der Waals surface area contributed by atoms with Crippen LogP contribution in [0.1, 0.15) is 29.4 Å². The zero-order valence-electron chi connectivity index (χ0n) is 10.6. The van der Waals surface area contributed by atoms with Gasteiger partial charge in [-0.25, -0.2) is 4.39 Å². The molecule has 0 saturated heterocycles. The van der Waals surface area contributed by atoms with Crippen LogP contribution in [-0.4, -0.2) is 23.7 Å². The molecule has 0 fully saturated rings.